The summed E-state index contributed by atoms with van der Waals surface area (Å²) in [5, 5.41) is 0. The van der Waals surface area contributed by atoms with Gasteiger partial charge in [0.15, 0.2) is 5.79 Å². The van der Waals surface area contributed by atoms with Gasteiger partial charge in [-0.15, -0.1) is 0 Å². The fourth-order valence-electron chi connectivity index (χ4n) is 7.07. The van der Waals surface area contributed by atoms with Crippen LogP contribution >= 0.6 is 0 Å². The first kappa shape index (κ1) is 28.6. The number of nitrogens with zero attached hydrogens (tertiary/aromatic N) is 1. The van der Waals surface area contributed by atoms with Gasteiger partial charge in [-0.05, 0) is 30.5 Å². The lowest BCUT2D eigenvalue weighted by Crippen LogP contribution is -2.68. The van der Waals surface area contributed by atoms with Crippen molar-refractivity contribution in [3.05, 3.63) is 108 Å². The van der Waals surface area contributed by atoms with Crippen molar-refractivity contribution < 1.29 is 33.2 Å². The molecule has 7 rings (SSSR count). The highest BCUT2D eigenvalue weighted by Crippen LogP contribution is 2.49. The Morgan fingerprint density at radius 3 is 1.91 bits per heavy atom. The van der Waals surface area contributed by atoms with Gasteiger partial charge in [0.25, 0.3) is 0 Å². The van der Waals surface area contributed by atoms with Crippen LogP contribution in [0, 0.1) is 5.92 Å². The van der Waals surface area contributed by atoms with Gasteiger partial charge in [0.05, 0.1) is 51.0 Å². The third kappa shape index (κ3) is 5.76. The Bertz CT molecular complexity index is 1370. The number of rotatable bonds is 11. The molecule has 8 heteroatoms. The van der Waals surface area contributed by atoms with Gasteiger partial charge in [0.1, 0.15) is 30.5 Å². The summed E-state index contributed by atoms with van der Waals surface area (Å²) >= 11 is 0. The maximum Gasteiger partial charge on any atom is 0.231 e. The second-order valence-electron chi connectivity index (χ2n) is 12.3. The van der Waals surface area contributed by atoms with E-state index in [4.69, 9.17) is 28.4 Å². The van der Waals surface area contributed by atoms with E-state index in [-0.39, 0.29) is 36.3 Å². The average Bonchev–Trinajstić information content (AvgIpc) is 3.63. The Kier molecular flexibility index (Phi) is 8.07. The third-order valence-corrected chi connectivity index (χ3v) is 8.95. The second kappa shape index (κ2) is 12.1. The summed E-state index contributed by atoms with van der Waals surface area (Å²) in [5.41, 5.74) is 3.20. The molecular weight excluding hydrogens is 546 g/mol. The molecule has 3 aromatic carbocycles. The van der Waals surface area contributed by atoms with Crippen molar-refractivity contribution in [2.75, 3.05) is 13.2 Å². The maximum atomic E-state index is 14.0. The average molecular weight is 586 g/mol. The molecule has 0 aromatic heterocycles. The van der Waals surface area contributed by atoms with Crippen LogP contribution in [0.1, 0.15) is 30.5 Å². The number of carbonyl (C=O) groups is 1. The van der Waals surface area contributed by atoms with E-state index in [1.165, 1.54) is 0 Å². The Morgan fingerprint density at radius 1 is 0.744 bits per heavy atom. The van der Waals surface area contributed by atoms with Gasteiger partial charge in [-0.3, -0.25) is 4.79 Å². The topological polar surface area (TPSA) is 75.7 Å². The largest absolute Gasteiger partial charge is 0.375 e. The number of hydrogen-bond donors (Lipinski definition) is 0. The normalized spacial score (nSPS) is 32.4. The maximum absolute atomic E-state index is 14.0. The van der Waals surface area contributed by atoms with Crippen LogP contribution in [0.2, 0.25) is 0 Å². The van der Waals surface area contributed by atoms with Gasteiger partial charge in [-0.1, -0.05) is 91.0 Å². The molecule has 43 heavy (non-hydrogen) atoms. The van der Waals surface area contributed by atoms with E-state index in [1.54, 1.807) is 0 Å². The monoisotopic (exact) mass is 585 g/mol. The predicted molar refractivity (Wildman–Crippen MR) is 158 cm³/mol. The highest BCUT2D eigenvalue weighted by molar-refractivity contribution is 5.88. The van der Waals surface area contributed by atoms with Crippen LogP contribution in [0.25, 0.3) is 0 Å². The standard InChI is InChI=1S/C35H39NO7/c1-35(2)42-27-22-41-32(31(27)43-35)28-29-33(40-20-25-16-10-5-11-17-25)30(39-19-24-14-8-4-9-15-24)26(36(29)34(28)37)21-38-18-23-12-6-3-7-13-23/h3-17,26-33H,18-22H2,1-2H3/t26-,27+,28+,29-,30-,31+,32+,33-/m0/s1. The molecule has 1 amide bonds. The molecule has 0 spiro atoms. The minimum absolute atomic E-state index is 0.0244. The van der Waals surface area contributed by atoms with E-state index in [0.717, 1.165) is 16.7 Å². The van der Waals surface area contributed by atoms with Crippen molar-refractivity contribution in [1.29, 1.82) is 0 Å². The summed E-state index contributed by atoms with van der Waals surface area (Å²) in [4.78, 5) is 16.0. The molecule has 0 saturated carbocycles. The molecule has 4 aliphatic rings. The van der Waals surface area contributed by atoms with Gasteiger partial charge in [-0.2, -0.15) is 0 Å². The number of ether oxygens (including phenoxy) is 6. The number of β-lactam (4-membered cyclic amide) rings is 1. The molecule has 4 fully saturated rings. The first-order valence-electron chi connectivity index (χ1n) is 15.2. The van der Waals surface area contributed by atoms with Crippen LogP contribution in [0.3, 0.4) is 0 Å². The Balaban J connectivity index is 1.16. The molecule has 0 aliphatic carbocycles. The minimum Gasteiger partial charge on any atom is -0.375 e. The highest BCUT2D eigenvalue weighted by Gasteiger charge is 2.69. The number of hydrogen-bond acceptors (Lipinski definition) is 7. The Morgan fingerprint density at radius 2 is 1.30 bits per heavy atom. The van der Waals surface area contributed by atoms with E-state index in [1.807, 2.05) is 110 Å². The zero-order valence-corrected chi connectivity index (χ0v) is 24.6. The molecule has 0 N–H and O–H groups in total. The molecule has 3 aromatic rings. The van der Waals surface area contributed by atoms with Crippen molar-refractivity contribution in [1.82, 2.24) is 4.90 Å². The van der Waals surface area contributed by atoms with Gasteiger partial charge in [-0.25, -0.2) is 0 Å². The SMILES string of the molecule is CC1(C)O[C@H]2[C@@H]([C@@H]3C(=O)N4[C@@H]3[C@H](OCc3ccccc3)[C@@H](OCc3ccccc3)[C@@H]4COCc3ccccc3)OC[C@H]2O1. The van der Waals surface area contributed by atoms with Gasteiger partial charge in [0.2, 0.25) is 5.91 Å². The fraction of sp³-hybridized carbons (Fsp3) is 0.457. The molecule has 4 saturated heterocycles. The van der Waals surface area contributed by atoms with Gasteiger partial charge < -0.3 is 33.3 Å². The van der Waals surface area contributed by atoms with Crippen molar-refractivity contribution >= 4 is 5.91 Å². The van der Waals surface area contributed by atoms with Crippen LogP contribution in [-0.4, -0.2) is 72.4 Å². The van der Waals surface area contributed by atoms with Crippen molar-refractivity contribution in [3.63, 3.8) is 0 Å². The molecule has 0 unspecified atom stereocenters. The van der Waals surface area contributed by atoms with Crippen LogP contribution in [-0.2, 0) is 53.0 Å². The van der Waals surface area contributed by atoms with Gasteiger partial charge >= 0.3 is 0 Å². The summed E-state index contributed by atoms with van der Waals surface area (Å²) in [5.74, 6) is -1.11. The summed E-state index contributed by atoms with van der Waals surface area (Å²) in [6, 6.07) is 29.7. The fourth-order valence-corrected chi connectivity index (χ4v) is 7.07. The number of fused-ring (bicyclic) bond motifs is 2. The summed E-state index contributed by atoms with van der Waals surface area (Å²) in [7, 11) is 0. The Hall–Kier alpha value is -3.11. The molecule has 8 atom stereocenters. The van der Waals surface area contributed by atoms with Crippen LogP contribution in [0.15, 0.2) is 91.0 Å². The van der Waals surface area contributed by atoms with Crippen LogP contribution < -0.4 is 0 Å². The molecule has 0 bridgehead atoms. The smallest absolute Gasteiger partial charge is 0.231 e. The zero-order valence-electron chi connectivity index (χ0n) is 24.6. The van der Waals surface area contributed by atoms with E-state index < -0.39 is 23.9 Å². The summed E-state index contributed by atoms with van der Waals surface area (Å²) in [6.07, 6.45) is -1.69. The molecular formula is C35H39NO7. The molecule has 0 radical (unpaired) electrons. The van der Waals surface area contributed by atoms with E-state index >= 15 is 0 Å². The Labute approximate surface area is 252 Å². The van der Waals surface area contributed by atoms with Crippen LogP contribution in [0.4, 0.5) is 0 Å². The second-order valence-corrected chi connectivity index (χ2v) is 12.3. The molecule has 4 heterocycles. The lowest BCUT2D eigenvalue weighted by Gasteiger charge is -2.49. The van der Waals surface area contributed by atoms with Crippen LogP contribution in [0.5, 0.6) is 0 Å². The first-order valence-corrected chi connectivity index (χ1v) is 15.2. The van der Waals surface area contributed by atoms with Crippen molar-refractivity contribution in [2.24, 2.45) is 5.92 Å². The summed E-state index contributed by atoms with van der Waals surface area (Å²) in [6.45, 7) is 5.81. The quantitative estimate of drug-likeness (QED) is 0.307. The van der Waals surface area contributed by atoms with E-state index in [0.29, 0.717) is 33.0 Å². The zero-order chi connectivity index (χ0) is 29.4. The van der Waals surface area contributed by atoms with E-state index in [9.17, 15) is 4.79 Å². The number of carbonyl (C=O) groups excluding carboxylic acids is 1. The lowest BCUT2D eigenvalue weighted by atomic mass is 9.79. The highest BCUT2D eigenvalue weighted by atomic mass is 16.8. The van der Waals surface area contributed by atoms with E-state index in [2.05, 4.69) is 0 Å². The third-order valence-electron chi connectivity index (χ3n) is 8.95. The lowest BCUT2D eigenvalue weighted by molar-refractivity contribution is -0.201. The van der Waals surface area contributed by atoms with Gasteiger partial charge in [0, 0.05) is 0 Å². The first-order chi connectivity index (χ1) is 21.0. The minimum atomic E-state index is -0.710. The number of benzene rings is 3. The molecule has 8 nitrogen and oxygen atoms in total. The molecule has 226 valence electrons. The number of amides is 1. The predicted octanol–water partition coefficient (Wildman–Crippen LogP) is 4.50. The summed E-state index contributed by atoms with van der Waals surface area (Å²) < 4.78 is 38.2. The molecule has 4 aliphatic heterocycles. The van der Waals surface area contributed by atoms with Crippen molar-refractivity contribution in [2.45, 2.75) is 82.1 Å². The van der Waals surface area contributed by atoms with Crippen molar-refractivity contribution in [3.8, 4) is 0 Å².